The van der Waals surface area contributed by atoms with Gasteiger partial charge in [-0.25, -0.2) is 13.2 Å². The van der Waals surface area contributed by atoms with Crippen LogP contribution in [0.1, 0.15) is 48.0 Å². The van der Waals surface area contributed by atoms with Crippen LogP contribution in [0.4, 0.5) is 0 Å². The average Bonchev–Trinajstić information content (AvgIpc) is 3.30. The van der Waals surface area contributed by atoms with Crippen LogP contribution in [0.2, 0.25) is 0 Å². The first-order valence-electron chi connectivity index (χ1n) is 9.64. The molecule has 1 aliphatic carbocycles. The highest BCUT2D eigenvalue weighted by molar-refractivity contribution is 7.91. The number of nitrogens with zero attached hydrogens (tertiary/aromatic N) is 1. The number of rotatable bonds is 6. The highest BCUT2D eigenvalue weighted by atomic mass is 32.2. The van der Waals surface area contributed by atoms with E-state index in [1.165, 1.54) is 7.11 Å². The van der Waals surface area contributed by atoms with Crippen molar-refractivity contribution in [2.24, 2.45) is 0 Å². The molecule has 1 saturated heterocycles. The van der Waals surface area contributed by atoms with Gasteiger partial charge in [-0.15, -0.1) is 0 Å². The molecule has 1 heterocycles. The van der Waals surface area contributed by atoms with Crippen molar-refractivity contribution in [1.82, 2.24) is 4.90 Å². The highest BCUT2D eigenvalue weighted by Crippen LogP contribution is 2.29. The van der Waals surface area contributed by atoms with E-state index in [2.05, 4.69) is 0 Å². The number of methoxy groups -OCH3 is 1. The molecule has 0 N–H and O–H groups in total. The lowest BCUT2D eigenvalue weighted by atomic mass is 10.1. The van der Waals surface area contributed by atoms with Crippen LogP contribution in [0.25, 0.3) is 0 Å². The van der Waals surface area contributed by atoms with E-state index < -0.39 is 15.8 Å². The smallest absolute Gasteiger partial charge is 0.338 e. The van der Waals surface area contributed by atoms with E-state index >= 15 is 0 Å². The van der Waals surface area contributed by atoms with Crippen molar-refractivity contribution < 1.29 is 27.5 Å². The molecule has 0 spiro atoms. The number of carbonyl (C=O) groups excluding carboxylic acids is 2. The van der Waals surface area contributed by atoms with Gasteiger partial charge in [0.25, 0.3) is 5.91 Å². The summed E-state index contributed by atoms with van der Waals surface area (Å²) in [6.45, 7) is 1.48. The molecule has 1 atom stereocenters. The Morgan fingerprint density at radius 2 is 1.86 bits per heavy atom. The zero-order valence-electron chi connectivity index (χ0n) is 16.3. The minimum Gasteiger partial charge on any atom is -0.496 e. The predicted molar refractivity (Wildman–Crippen MR) is 104 cm³/mol. The standard InChI is InChI=1S/C20H27NO6S/c1-14-7-8-15(11-18(14)26-2)20(23)27-12-19(22)21(16-5-3-4-6-16)17-9-10-28(24,25)13-17/h7-8,11,16-17H,3-6,9-10,12-13H2,1-2H3/t17-/m0/s1. The monoisotopic (exact) mass is 409 g/mol. The molecule has 2 aliphatic rings. The van der Waals surface area contributed by atoms with Crippen LogP contribution in [-0.4, -0.2) is 62.5 Å². The second-order valence-electron chi connectivity index (χ2n) is 7.56. The molecule has 7 nitrogen and oxygen atoms in total. The Kier molecular flexibility index (Phi) is 6.27. The second-order valence-corrected chi connectivity index (χ2v) is 9.79. The van der Waals surface area contributed by atoms with Crippen LogP contribution in [0, 0.1) is 6.92 Å². The summed E-state index contributed by atoms with van der Waals surface area (Å²) in [5.74, 6) is -0.238. The van der Waals surface area contributed by atoms with Gasteiger partial charge in [0.1, 0.15) is 5.75 Å². The largest absolute Gasteiger partial charge is 0.496 e. The van der Waals surface area contributed by atoms with Crippen molar-refractivity contribution in [3.8, 4) is 5.75 Å². The van der Waals surface area contributed by atoms with E-state index in [4.69, 9.17) is 9.47 Å². The zero-order valence-corrected chi connectivity index (χ0v) is 17.2. The first-order chi connectivity index (χ1) is 13.3. The third-order valence-electron chi connectivity index (χ3n) is 5.58. The zero-order chi connectivity index (χ0) is 20.3. The fourth-order valence-corrected chi connectivity index (χ4v) is 5.83. The van der Waals surface area contributed by atoms with Gasteiger partial charge in [0.2, 0.25) is 0 Å². The fourth-order valence-electron chi connectivity index (χ4n) is 4.11. The molecule has 0 aromatic heterocycles. The number of carbonyl (C=O) groups is 2. The van der Waals surface area contributed by atoms with Crippen molar-refractivity contribution in [3.05, 3.63) is 29.3 Å². The van der Waals surface area contributed by atoms with Gasteiger partial charge >= 0.3 is 5.97 Å². The van der Waals surface area contributed by atoms with E-state index in [9.17, 15) is 18.0 Å². The molecule has 1 aromatic rings. The van der Waals surface area contributed by atoms with Gasteiger partial charge in [-0.3, -0.25) is 4.79 Å². The van der Waals surface area contributed by atoms with Crippen LogP contribution < -0.4 is 4.74 Å². The fraction of sp³-hybridized carbons (Fsp3) is 0.600. The summed E-state index contributed by atoms with van der Waals surface area (Å²) in [4.78, 5) is 26.9. The van der Waals surface area contributed by atoms with Gasteiger partial charge in [-0.2, -0.15) is 0 Å². The molecular formula is C20H27NO6S. The Balaban J connectivity index is 1.67. The summed E-state index contributed by atoms with van der Waals surface area (Å²) in [6, 6.07) is 4.68. The lowest BCUT2D eigenvalue weighted by Crippen LogP contribution is -2.48. The maximum Gasteiger partial charge on any atom is 0.338 e. The molecule has 1 saturated carbocycles. The van der Waals surface area contributed by atoms with Crippen molar-refractivity contribution in [2.75, 3.05) is 25.2 Å². The molecule has 1 aliphatic heterocycles. The molecule has 0 bridgehead atoms. The number of amides is 1. The van der Waals surface area contributed by atoms with Crippen molar-refractivity contribution in [3.63, 3.8) is 0 Å². The number of hydrogen-bond donors (Lipinski definition) is 0. The number of esters is 1. The van der Waals surface area contributed by atoms with E-state index in [1.54, 1.807) is 23.1 Å². The summed E-state index contributed by atoms with van der Waals surface area (Å²) >= 11 is 0. The summed E-state index contributed by atoms with van der Waals surface area (Å²) in [6.07, 6.45) is 4.23. The topological polar surface area (TPSA) is 90.0 Å². The summed E-state index contributed by atoms with van der Waals surface area (Å²) in [7, 11) is -1.58. The maximum absolute atomic E-state index is 12.9. The summed E-state index contributed by atoms with van der Waals surface area (Å²) < 4.78 is 34.2. The molecule has 2 fully saturated rings. The SMILES string of the molecule is COc1cc(C(=O)OCC(=O)N(C2CCCC2)[C@H]2CCS(=O)(=O)C2)ccc1C. The minimum absolute atomic E-state index is 0.00164. The van der Waals surface area contributed by atoms with Crippen LogP contribution in [0.5, 0.6) is 5.75 Å². The molecular weight excluding hydrogens is 382 g/mol. The number of ether oxygens (including phenoxy) is 2. The van der Waals surface area contributed by atoms with Crippen molar-refractivity contribution >= 4 is 21.7 Å². The van der Waals surface area contributed by atoms with Crippen LogP contribution >= 0.6 is 0 Å². The Bertz CT molecular complexity index is 844. The lowest BCUT2D eigenvalue weighted by Gasteiger charge is -2.33. The molecule has 1 aromatic carbocycles. The third kappa shape index (κ3) is 4.66. The molecule has 28 heavy (non-hydrogen) atoms. The summed E-state index contributed by atoms with van der Waals surface area (Å²) in [5.41, 5.74) is 1.20. The predicted octanol–water partition coefficient (Wildman–Crippen LogP) is 2.12. The quantitative estimate of drug-likeness (QED) is 0.669. The number of sulfone groups is 1. The molecule has 154 valence electrons. The van der Waals surface area contributed by atoms with E-state index in [0.29, 0.717) is 17.7 Å². The normalized spacial score (nSPS) is 21.4. The van der Waals surface area contributed by atoms with Gasteiger partial charge in [-0.05, 0) is 43.9 Å². The Morgan fingerprint density at radius 1 is 1.14 bits per heavy atom. The maximum atomic E-state index is 12.9. The molecule has 0 unspecified atom stereocenters. The minimum atomic E-state index is -3.11. The van der Waals surface area contributed by atoms with E-state index in [-0.39, 0.29) is 36.1 Å². The average molecular weight is 410 g/mol. The lowest BCUT2D eigenvalue weighted by molar-refractivity contribution is -0.139. The van der Waals surface area contributed by atoms with Crippen molar-refractivity contribution in [1.29, 1.82) is 0 Å². The van der Waals surface area contributed by atoms with Gasteiger partial charge in [0, 0.05) is 12.1 Å². The van der Waals surface area contributed by atoms with Gasteiger partial charge < -0.3 is 14.4 Å². The van der Waals surface area contributed by atoms with Gasteiger partial charge in [0.15, 0.2) is 16.4 Å². The van der Waals surface area contributed by atoms with E-state index in [0.717, 1.165) is 31.2 Å². The van der Waals surface area contributed by atoms with Crippen molar-refractivity contribution in [2.45, 2.75) is 51.1 Å². The highest BCUT2D eigenvalue weighted by Gasteiger charge is 2.39. The Labute approximate surface area is 165 Å². The second kappa shape index (κ2) is 8.51. The molecule has 8 heteroatoms. The Morgan fingerprint density at radius 3 is 2.46 bits per heavy atom. The first-order valence-corrected chi connectivity index (χ1v) is 11.5. The van der Waals surface area contributed by atoms with Crippen LogP contribution in [-0.2, 0) is 19.4 Å². The van der Waals surface area contributed by atoms with Crippen LogP contribution in [0.3, 0.4) is 0 Å². The summed E-state index contributed by atoms with van der Waals surface area (Å²) in [5, 5.41) is 0. The van der Waals surface area contributed by atoms with Gasteiger partial charge in [0.05, 0.1) is 24.2 Å². The number of benzene rings is 1. The van der Waals surface area contributed by atoms with E-state index in [1.807, 2.05) is 6.92 Å². The number of hydrogen-bond acceptors (Lipinski definition) is 6. The van der Waals surface area contributed by atoms with Crippen LogP contribution in [0.15, 0.2) is 18.2 Å². The molecule has 3 rings (SSSR count). The van der Waals surface area contributed by atoms with Gasteiger partial charge in [-0.1, -0.05) is 18.9 Å². The first kappa shape index (κ1) is 20.6. The third-order valence-corrected chi connectivity index (χ3v) is 7.33. The number of aryl methyl sites for hydroxylation is 1. The Hall–Kier alpha value is -2.09. The molecule has 1 amide bonds. The molecule has 0 radical (unpaired) electrons.